The van der Waals surface area contributed by atoms with Crippen LogP contribution in [0.1, 0.15) is 5.56 Å². The van der Waals surface area contributed by atoms with Gasteiger partial charge in [0.05, 0.1) is 23.6 Å². The molecule has 1 saturated heterocycles. The molecule has 4 rings (SSSR count). The predicted octanol–water partition coefficient (Wildman–Crippen LogP) is 5.06. The monoisotopic (exact) mass is 478 g/mol. The highest BCUT2D eigenvalue weighted by atomic mass is 35.5. The first-order valence-electron chi connectivity index (χ1n) is 8.32. The molecule has 0 aliphatic carbocycles. The number of hydrogen-bond donors (Lipinski definition) is 0. The summed E-state index contributed by atoms with van der Waals surface area (Å²) >= 11 is 19.8. The van der Waals surface area contributed by atoms with Crippen LogP contribution in [0.15, 0.2) is 41.4 Å². The summed E-state index contributed by atoms with van der Waals surface area (Å²) < 4.78 is 37.5. The molecule has 2 atom stereocenters. The van der Waals surface area contributed by atoms with E-state index >= 15 is 0 Å². The van der Waals surface area contributed by atoms with Crippen LogP contribution in [0.25, 0.3) is 0 Å². The van der Waals surface area contributed by atoms with Crippen molar-refractivity contribution >= 4 is 67.3 Å². The summed E-state index contributed by atoms with van der Waals surface area (Å²) in [6, 6.07) is 8.71. The van der Waals surface area contributed by atoms with Gasteiger partial charge in [-0.2, -0.15) is 0 Å². The molecule has 2 aliphatic rings. The van der Waals surface area contributed by atoms with Crippen LogP contribution in [-0.2, 0) is 15.6 Å². The number of benzene rings is 2. The van der Waals surface area contributed by atoms with Gasteiger partial charge in [-0.1, -0.05) is 52.6 Å². The topological polar surface area (TPSA) is 49.7 Å². The zero-order chi connectivity index (χ0) is 20.1. The van der Waals surface area contributed by atoms with Gasteiger partial charge in [-0.05, 0) is 35.9 Å². The molecule has 10 heteroatoms. The average molecular weight is 480 g/mol. The molecule has 0 bridgehead atoms. The standard InChI is InChI=1S/C18H14Cl3FN2O2S2/c19-11-3-12(20)5-14(4-11)24-17-9-28(25,26)8-16(17)23-18(24)27-7-10-1-2-13(22)6-15(10)21/h1-6,16-17H,7-9H2. The number of aliphatic imine (C=N–C) groups is 1. The fourth-order valence-corrected chi connectivity index (χ4v) is 7.19. The van der Waals surface area contributed by atoms with Crippen molar-refractivity contribution in [1.82, 2.24) is 0 Å². The van der Waals surface area contributed by atoms with Gasteiger partial charge in [-0.3, -0.25) is 4.99 Å². The highest BCUT2D eigenvalue weighted by Crippen LogP contribution is 2.38. The molecule has 4 nitrogen and oxygen atoms in total. The lowest BCUT2D eigenvalue weighted by atomic mass is 10.1. The van der Waals surface area contributed by atoms with Crippen LogP contribution in [0, 0.1) is 5.82 Å². The number of fused-ring (bicyclic) bond motifs is 1. The van der Waals surface area contributed by atoms with Crippen LogP contribution in [0.3, 0.4) is 0 Å². The Morgan fingerprint density at radius 2 is 1.82 bits per heavy atom. The van der Waals surface area contributed by atoms with Crippen molar-refractivity contribution in [3.05, 3.63) is 62.8 Å². The van der Waals surface area contributed by atoms with E-state index in [4.69, 9.17) is 34.8 Å². The molecule has 2 unspecified atom stereocenters. The van der Waals surface area contributed by atoms with E-state index in [9.17, 15) is 12.8 Å². The fourth-order valence-electron chi connectivity index (χ4n) is 3.39. The molecule has 2 aromatic rings. The minimum Gasteiger partial charge on any atom is -0.315 e. The van der Waals surface area contributed by atoms with Crippen LogP contribution < -0.4 is 4.90 Å². The Balaban J connectivity index is 1.65. The van der Waals surface area contributed by atoms with E-state index in [0.717, 1.165) is 5.56 Å². The summed E-state index contributed by atoms with van der Waals surface area (Å²) in [6.07, 6.45) is 0. The number of anilines is 1. The van der Waals surface area contributed by atoms with Crippen molar-refractivity contribution in [1.29, 1.82) is 0 Å². The Labute approximate surface area is 181 Å². The Kier molecular flexibility index (Phi) is 5.57. The van der Waals surface area contributed by atoms with Crippen LogP contribution in [0.2, 0.25) is 15.1 Å². The highest BCUT2D eigenvalue weighted by molar-refractivity contribution is 8.13. The minimum absolute atomic E-state index is 0.0177. The summed E-state index contributed by atoms with van der Waals surface area (Å²) in [5.41, 5.74) is 1.46. The second-order valence-electron chi connectivity index (χ2n) is 6.65. The van der Waals surface area contributed by atoms with E-state index in [-0.39, 0.29) is 23.6 Å². The first kappa shape index (κ1) is 20.3. The highest BCUT2D eigenvalue weighted by Gasteiger charge is 2.47. The van der Waals surface area contributed by atoms with E-state index in [1.54, 1.807) is 24.3 Å². The Bertz CT molecular complexity index is 1060. The minimum atomic E-state index is -3.16. The maximum atomic E-state index is 13.3. The van der Waals surface area contributed by atoms with Crippen LogP contribution in [0.4, 0.5) is 10.1 Å². The van der Waals surface area contributed by atoms with Gasteiger partial charge in [0, 0.05) is 26.5 Å². The van der Waals surface area contributed by atoms with Crippen molar-refractivity contribution in [3.8, 4) is 0 Å². The van der Waals surface area contributed by atoms with E-state index in [1.165, 1.54) is 23.9 Å². The average Bonchev–Trinajstić information content (AvgIpc) is 3.04. The van der Waals surface area contributed by atoms with Crippen molar-refractivity contribution in [3.63, 3.8) is 0 Å². The molecular weight excluding hydrogens is 466 g/mol. The summed E-state index contributed by atoms with van der Waals surface area (Å²) in [4.78, 5) is 6.53. The van der Waals surface area contributed by atoms with Gasteiger partial charge < -0.3 is 4.90 Å². The van der Waals surface area contributed by atoms with Gasteiger partial charge in [-0.25, -0.2) is 12.8 Å². The molecule has 1 fully saturated rings. The SMILES string of the molecule is O=S1(=O)CC2N=C(SCc3ccc(F)cc3Cl)N(c3cc(Cl)cc(Cl)c3)C2C1. The zero-order valence-electron chi connectivity index (χ0n) is 14.3. The lowest BCUT2D eigenvalue weighted by Crippen LogP contribution is -2.39. The number of thioether (sulfide) groups is 1. The molecular formula is C18H14Cl3FN2O2S2. The van der Waals surface area contributed by atoms with Crippen molar-refractivity contribution in [2.45, 2.75) is 17.8 Å². The number of nitrogens with zero attached hydrogens (tertiary/aromatic N) is 2. The third-order valence-electron chi connectivity index (χ3n) is 4.60. The van der Waals surface area contributed by atoms with Gasteiger partial charge >= 0.3 is 0 Å². The van der Waals surface area contributed by atoms with Crippen LogP contribution >= 0.6 is 46.6 Å². The first-order valence-corrected chi connectivity index (χ1v) is 12.3. The molecule has 0 saturated carbocycles. The maximum absolute atomic E-state index is 13.3. The largest absolute Gasteiger partial charge is 0.315 e. The number of halogens is 4. The second-order valence-corrected chi connectivity index (χ2v) is 11.0. The third-order valence-corrected chi connectivity index (χ3v) is 8.11. The summed E-state index contributed by atoms with van der Waals surface area (Å²) in [5, 5.41) is 1.92. The van der Waals surface area contributed by atoms with E-state index in [0.29, 0.717) is 31.7 Å². The van der Waals surface area contributed by atoms with Crippen molar-refractivity contribution in [2.75, 3.05) is 16.4 Å². The third kappa shape index (κ3) is 4.14. The molecule has 0 amide bonds. The number of hydrogen-bond acceptors (Lipinski definition) is 5. The Hall–Kier alpha value is -0.990. The van der Waals surface area contributed by atoms with Crippen LogP contribution in [0.5, 0.6) is 0 Å². The predicted molar refractivity (Wildman–Crippen MR) is 115 cm³/mol. The van der Waals surface area contributed by atoms with Gasteiger partial charge in [-0.15, -0.1) is 0 Å². The van der Waals surface area contributed by atoms with Crippen LogP contribution in [-0.4, -0.2) is 37.2 Å². The molecule has 148 valence electrons. The van der Waals surface area contributed by atoms with E-state index in [2.05, 4.69) is 4.99 Å². The summed E-state index contributed by atoms with van der Waals surface area (Å²) in [5.74, 6) is 0.109. The maximum Gasteiger partial charge on any atom is 0.164 e. The molecule has 0 N–H and O–H groups in total. The summed E-state index contributed by atoms with van der Waals surface area (Å²) in [7, 11) is -3.16. The zero-order valence-corrected chi connectivity index (χ0v) is 18.2. The molecule has 2 aromatic carbocycles. The fraction of sp³-hybridized carbons (Fsp3) is 0.278. The number of amidine groups is 1. The molecule has 2 heterocycles. The lowest BCUT2D eigenvalue weighted by molar-refractivity contribution is 0.601. The van der Waals surface area contributed by atoms with E-state index < -0.39 is 15.7 Å². The quantitative estimate of drug-likeness (QED) is 0.617. The Morgan fingerprint density at radius 1 is 1.11 bits per heavy atom. The lowest BCUT2D eigenvalue weighted by Gasteiger charge is -2.27. The van der Waals surface area contributed by atoms with Gasteiger partial charge in [0.25, 0.3) is 0 Å². The van der Waals surface area contributed by atoms with Crippen molar-refractivity contribution < 1.29 is 12.8 Å². The second kappa shape index (κ2) is 7.69. The number of rotatable bonds is 3. The van der Waals surface area contributed by atoms with E-state index in [1.807, 2.05) is 4.90 Å². The normalized spacial score (nSPS) is 23.0. The van der Waals surface area contributed by atoms with Crippen molar-refractivity contribution in [2.24, 2.45) is 4.99 Å². The first-order chi connectivity index (χ1) is 13.2. The molecule has 28 heavy (non-hydrogen) atoms. The Morgan fingerprint density at radius 3 is 2.50 bits per heavy atom. The summed E-state index contributed by atoms with van der Waals surface area (Å²) in [6.45, 7) is 0. The molecule has 2 aliphatic heterocycles. The van der Waals surface area contributed by atoms with Gasteiger partial charge in [0.15, 0.2) is 15.0 Å². The molecule has 0 aromatic heterocycles. The molecule has 0 spiro atoms. The van der Waals surface area contributed by atoms with Gasteiger partial charge in [0.1, 0.15) is 5.82 Å². The number of sulfone groups is 1. The van der Waals surface area contributed by atoms with Gasteiger partial charge in [0.2, 0.25) is 0 Å². The molecule has 0 radical (unpaired) electrons. The smallest absolute Gasteiger partial charge is 0.164 e.